The van der Waals surface area contributed by atoms with Gasteiger partial charge in [-0.05, 0) is 23.3 Å². The summed E-state index contributed by atoms with van der Waals surface area (Å²) in [6.07, 6.45) is 5.76. The quantitative estimate of drug-likeness (QED) is 0.429. The molecule has 0 aliphatic heterocycles. The lowest BCUT2D eigenvalue weighted by Gasteiger charge is -2.26. The highest BCUT2D eigenvalue weighted by atomic mass is 19.1. The Morgan fingerprint density at radius 1 is 1.31 bits per heavy atom. The average molecular weight is 477 g/mol. The van der Waals surface area contributed by atoms with E-state index in [9.17, 15) is 24.3 Å². The number of halogens is 1. The highest BCUT2D eigenvalue weighted by Crippen LogP contribution is 2.39. The van der Waals surface area contributed by atoms with Crippen LogP contribution in [0.2, 0.25) is 0 Å². The number of hydrogen-bond donors (Lipinski definition) is 2. The number of aromatic hydroxyl groups is 1. The van der Waals surface area contributed by atoms with Gasteiger partial charge in [-0.25, -0.2) is 9.37 Å². The van der Waals surface area contributed by atoms with E-state index in [-0.39, 0.29) is 17.1 Å². The predicted octanol–water partition coefficient (Wildman–Crippen LogP) is 2.41. The molecule has 0 unspecified atom stereocenters. The van der Waals surface area contributed by atoms with Crippen LogP contribution >= 0.6 is 0 Å². The topological polar surface area (TPSA) is 152 Å². The minimum atomic E-state index is -0.839. The van der Waals surface area contributed by atoms with E-state index in [4.69, 9.17) is 0 Å². The van der Waals surface area contributed by atoms with E-state index in [1.807, 2.05) is 6.07 Å². The molecule has 3 aromatic heterocycles. The van der Waals surface area contributed by atoms with Crippen molar-refractivity contribution >= 4 is 11.6 Å². The monoisotopic (exact) mass is 477 g/mol. The van der Waals surface area contributed by atoms with Crippen molar-refractivity contribution in [1.82, 2.24) is 24.5 Å². The molecule has 0 fully saturated rings. The fraction of sp³-hybridized carbons (Fsp3) is 0.217. The number of amides is 1. The van der Waals surface area contributed by atoms with Crippen molar-refractivity contribution in [3.05, 3.63) is 87.4 Å². The van der Waals surface area contributed by atoms with Gasteiger partial charge in [-0.3, -0.25) is 18.8 Å². The Bertz CT molecular complexity index is 1500. The van der Waals surface area contributed by atoms with E-state index >= 15 is 0 Å². The number of carbonyl (C=O) groups is 1. The molecule has 0 spiro atoms. The molecule has 35 heavy (non-hydrogen) atoms. The maximum Gasteiger partial charge on any atom is 0.296 e. The Balaban J connectivity index is 1.86. The number of rotatable bonds is 6. The van der Waals surface area contributed by atoms with Crippen LogP contribution in [-0.2, 0) is 14.1 Å². The first-order valence-electron chi connectivity index (χ1n) is 10.4. The predicted molar refractivity (Wildman–Crippen MR) is 120 cm³/mol. The number of anilines is 1. The fourth-order valence-corrected chi connectivity index (χ4v) is 4.01. The molecule has 3 heterocycles. The lowest BCUT2D eigenvalue weighted by Crippen LogP contribution is -2.29. The van der Waals surface area contributed by atoms with Gasteiger partial charge in [0, 0.05) is 32.1 Å². The number of aryl methyl sites for hydroxylation is 1. The molecule has 1 amide bonds. The summed E-state index contributed by atoms with van der Waals surface area (Å²) in [7, 11) is 3.14. The Kier molecular flexibility index (Phi) is 6.16. The Hall–Kier alpha value is -4.79. The second-order valence-electron chi connectivity index (χ2n) is 7.96. The van der Waals surface area contributed by atoms with Crippen LogP contribution in [0, 0.1) is 17.1 Å². The molecule has 0 aliphatic rings. The smallest absolute Gasteiger partial charge is 0.296 e. The molecule has 1 aromatic carbocycles. The zero-order valence-corrected chi connectivity index (χ0v) is 18.9. The second-order valence-corrected chi connectivity index (χ2v) is 7.96. The van der Waals surface area contributed by atoms with E-state index in [1.165, 1.54) is 31.6 Å². The van der Waals surface area contributed by atoms with Gasteiger partial charge in [-0.2, -0.15) is 10.4 Å². The summed E-state index contributed by atoms with van der Waals surface area (Å²) in [6, 6.07) is 5.89. The summed E-state index contributed by atoms with van der Waals surface area (Å²) in [6.45, 7) is 1.75. The van der Waals surface area contributed by atoms with Gasteiger partial charge >= 0.3 is 0 Å². The van der Waals surface area contributed by atoms with Gasteiger partial charge in [0.05, 0.1) is 24.0 Å². The number of nitrogens with one attached hydrogen (secondary N) is 1. The van der Waals surface area contributed by atoms with Crippen LogP contribution in [0.25, 0.3) is 0 Å². The zero-order chi connectivity index (χ0) is 25.3. The Morgan fingerprint density at radius 3 is 2.71 bits per heavy atom. The van der Waals surface area contributed by atoms with E-state index in [0.29, 0.717) is 11.1 Å². The molecule has 4 aromatic rings. The van der Waals surface area contributed by atoms with Crippen molar-refractivity contribution < 1.29 is 18.8 Å². The molecule has 12 heteroatoms. The molecule has 178 valence electrons. The third-order valence-corrected chi connectivity index (χ3v) is 5.67. The summed E-state index contributed by atoms with van der Waals surface area (Å²) < 4.78 is 21.3. The minimum absolute atomic E-state index is 0.111. The molecule has 0 saturated carbocycles. The largest absolute Gasteiger partial charge is 0.501 e. The SMILES string of the molecule is C[C@H](c1nc(C(=O)Nc2cnoc2)c(O)c(=O)n1C)[C@H](c1cnn(C)c1)c1ccc(F)cc1C#N. The number of aromatic nitrogens is 5. The van der Waals surface area contributed by atoms with Crippen LogP contribution in [0.15, 0.2) is 52.4 Å². The summed E-state index contributed by atoms with van der Waals surface area (Å²) in [5.74, 6) is -3.27. The van der Waals surface area contributed by atoms with Crippen molar-refractivity contribution in [2.75, 3.05) is 5.32 Å². The fourth-order valence-electron chi connectivity index (χ4n) is 4.01. The first kappa shape index (κ1) is 23.4. The molecule has 0 saturated heterocycles. The van der Waals surface area contributed by atoms with Crippen molar-refractivity contribution in [1.29, 1.82) is 5.26 Å². The van der Waals surface area contributed by atoms with Gasteiger partial charge < -0.3 is 14.9 Å². The van der Waals surface area contributed by atoms with E-state index in [1.54, 1.807) is 31.0 Å². The van der Waals surface area contributed by atoms with Gasteiger partial charge in [0.25, 0.3) is 11.5 Å². The third-order valence-electron chi connectivity index (χ3n) is 5.67. The average Bonchev–Trinajstić information content (AvgIpc) is 3.50. The second kappa shape index (κ2) is 9.22. The number of benzene rings is 1. The molecule has 0 bridgehead atoms. The summed E-state index contributed by atoms with van der Waals surface area (Å²) in [5, 5.41) is 30.2. The van der Waals surface area contributed by atoms with E-state index < -0.39 is 40.6 Å². The highest BCUT2D eigenvalue weighted by Gasteiger charge is 2.31. The highest BCUT2D eigenvalue weighted by molar-refractivity contribution is 6.04. The van der Waals surface area contributed by atoms with Crippen molar-refractivity contribution in [2.45, 2.75) is 18.8 Å². The standard InChI is InChI=1S/C23H20FN7O4/c1-12(18(14-8-26-30(2)10-14)17-5-4-15(24)6-13(17)7-25)21-29-19(20(32)23(34)31(21)3)22(33)28-16-9-27-35-11-16/h4-6,8-12,18,32H,1-3H3,(H,28,33)/t12-,18+/m0/s1. The molecule has 2 atom stereocenters. The maximum atomic E-state index is 13.9. The van der Waals surface area contributed by atoms with Crippen molar-refractivity contribution in [3.63, 3.8) is 0 Å². The van der Waals surface area contributed by atoms with Gasteiger partial charge in [-0.1, -0.05) is 18.1 Å². The third kappa shape index (κ3) is 4.39. The Morgan fingerprint density at radius 2 is 2.09 bits per heavy atom. The minimum Gasteiger partial charge on any atom is -0.501 e. The molecule has 0 radical (unpaired) electrons. The molecular weight excluding hydrogens is 457 g/mol. The Labute approximate surface area is 198 Å². The van der Waals surface area contributed by atoms with Gasteiger partial charge in [-0.15, -0.1) is 0 Å². The van der Waals surface area contributed by atoms with Crippen LogP contribution in [-0.4, -0.2) is 35.5 Å². The summed E-state index contributed by atoms with van der Waals surface area (Å²) in [4.78, 5) is 29.9. The van der Waals surface area contributed by atoms with Gasteiger partial charge in [0.15, 0.2) is 5.69 Å². The van der Waals surface area contributed by atoms with E-state index in [0.717, 1.165) is 10.6 Å². The normalized spacial score (nSPS) is 12.7. The van der Waals surface area contributed by atoms with Crippen LogP contribution < -0.4 is 10.9 Å². The van der Waals surface area contributed by atoms with Crippen LogP contribution in [0.3, 0.4) is 0 Å². The van der Waals surface area contributed by atoms with E-state index in [2.05, 4.69) is 25.1 Å². The number of nitriles is 1. The molecule has 0 aliphatic carbocycles. The summed E-state index contributed by atoms with van der Waals surface area (Å²) in [5.41, 5.74) is 0.181. The molecule has 11 nitrogen and oxygen atoms in total. The number of carbonyl (C=O) groups excluding carboxylic acids is 1. The molecule has 4 rings (SSSR count). The molecular formula is C23H20FN7O4. The maximum absolute atomic E-state index is 13.9. The van der Waals surface area contributed by atoms with Crippen LogP contribution in [0.4, 0.5) is 10.1 Å². The lowest BCUT2D eigenvalue weighted by molar-refractivity contribution is 0.101. The molecule has 2 N–H and O–H groups in total. The number of hydrogen-bond acceptors (Lipinski definition) is 8. The first-order valence-corrected chi connectivity index (χ1v) is 10.4. The van der Waals surface area contributed by atoms with Crippen molar-refractivity contribution in [3.8, 4) is 11.8 Å². The lowest BCUT2D eigenvalue weighted by atomic mass is 9.80. The van der Waals surface area contributed by atoms with Crippen LogP contribution in [0.1, 0.15) is 51.8 Å². The van der Waals surface area contributed by atoms with Gasteiger partial charge in [0.2, 0.25) is 5.75 Å². The van der Waals surface area contributed by atoms with Crippen LogP contribution in [0.5, 0.6) is 5.75 Å². The summed E-state index contributed by atoms with van der Waals surface area (Å²) >= 11 is 0. The number of nitrogens with zero attached hydrogens (tertiary/aromatic N) is 6. The first-order chi connectivity index (χ1) is 16.7. The zero-order valence-electron chi connectivity index (χ0n) is 18.9. The van der Waals surface area contributed by atoms with Gasteiger partial charge in [0.1, 0.15) is 23.6 Å². The van der Waals surface area contributed by atoms with Crippen molar-refractivity contribution in [2.24, 2.45) is 14.1 Å².